The van der Waals surface area contributed by atoms with Crippen LogP contribution in [0.3, 0.4) is 0 Å². The molecular weight excluding hydrogens is 410 g/mol. The Morgan fingerprint density at radius 2 is 0.844 bits per heavy atom. The third-order valence-corrected chi connectivity index (χ3v) is 9.97. The molecule has 4 heteroatoms. The lowest BCUT2D eigenvalue weighted by atomic mass is 10.0. The molecule has 0 aliphatic carbocycles. The molecule has 0 aromatic heterocycles. The summed E-state index contributed by atoms with van der Waals surface area (Å²) in [5.74, 6) is 0. The van der Waals surface area contributed by atoms with Gasteiger partial charge in [0.25, 0.3) is 0 Å². The second-order valence-corrected chi connectivity index (χ2v) is 14.1. The van der Waals surface area contributed by atoms with Crippen LogP contribution in [0.4, 0.5) is 0 Å². The molecule has 0 saturated heterocycles. The maximum atomic E-state index is 5.99. The highest BCUT2D eigenvalue weighted by molar-refractivity contribution is 6.66. The Hall–Kier alpha value is 0.0969. The summed E-state index contributed by atoms with van der Waals surface area (Å²) in [5, 5.41) is 0. The van der Waals surface area contributed by atoms with Crippen LogP contribution < -0.4 is 0 Å². The molecule has 0 aromatic carbocycles. The largest absolute Gasteiger partial charge is 0.395 e. The zero-order valence-corrected chi connectivity index (χ0v) is 24.3. The summed E-state index contributed by atoms with van der Waals surface area (Å²) in [4.78, 5) is 0. The molecule has 194 valence electrons. The summed E-state index contributed by atoms with van der Waals surface area (Å²) in [7, 11) is 2.85. The van der Waals surface area contributed by atoms with Crippen molar-refractivity contribution in [2.45, 2.75) is 143 Å². The van der Waals surface area contributed by atoms with Crippen LogP contribution in [-0.2, 0) is 8.85 Å². The number of hydrogen-bond acceptors (Lipinski definition) is 2. The fourth-order valence-corrected chi connectivity index (χ4v) is 7.22. The van der Waals surface area contributed by atoms with Gasteiger partial charge in [0.1, 0.15) is 0 Å². The van der Waals surface area contributed by atoms with E-state index in [2.05, 4.69) is 41.4 Å². The highest BCUT2D eigenvalue weighted by Gasteiger charge is 2.31. The summed E-state index contributed by atoms with van der Waals surface area (Å²) < 4.78 is 13.1. The standard InChI is InChI=1S/C28H62NO2Si/c1-7-10-11-12-13-14-15-16-17-18-19-20-21-22-23-24-26-29(4,5)27-25-28-32(6,30-8-2)31-9-3/h7-28H2,1-6H3/q+1. The van der Waals surface area contributed by atoms with Gasteiger partial charge in [0.2, 0.25) is 0 Å². The molecule has 0 aliphatic rings. The van der Waals surface area contributed by atoms with Crippen LogP contribution >= 0.6 is 0 Å². The first kappa shape index (κ1) is 32.1. The zero-order valence-electron chi connectivity index (χ0n) is 23.3. The van der Waals surface area contributed by atoms with E-state index >= 15 is 0 Å². The van der Waals surface area contributed by atoms with Crippen LogP contribution in [0.1, 0.15) is 130 Å². The average molecular weight is 473 g/mol. The number of quaternary nitrogens is 1. The predicted octanol–water partition coefficient (Wildman–Crippen LogP) is 8.86. The second kappa shape index (κ2) is 21.6. The van der Waals surface area contributed by atoms with E-state index in [0.29, 0.717) is 0 Å². The molecule has 0 radical (unpaired) electrons. The zero-order chi connectivity index (χ0) is 24.0. The first-order valence-corrected chi connectivity index (χ1v) is 17.0. The van der Waals surface area contributed by atoms with Gasteiger partial charge in [-0.2, -0.15) is 0 Å². The van der Waals surface area contributed by atoms with E-state index in [0.717, 1.165) is 23.7 Å². The van der Waals surface area contributed by atoms with Gasteiger partial charge >= 0.3 is 8.56 Å². The van der Waals surface area contributed by atoms with Crippen molar-refractivity contribution in [3.63, 3.8) is 0 Å². The van der Waals surface area contributed by atoms with Crippen LogP contribution in [0.2, 0.25) is 12.6 Å². The summed E-state index contributed by atoms with van der Waals surface area (Å²) in [6.07, 6.45) is 24.3. The van der Waals surface area contributed by atoms with Crippen LogP contribution in [0.25, 0.3) is 0 Å². The summed E-state index contributed by atoms with van der Waals surface area (Å²) in [5.41, 5.74) is 0. The lowest BCUT2D eigenvalue weighted by Gasteiger charge is -2.32. The molecule has 0 rings (SSSR count). The Bertz CT molecular complexity index is 384. The van der Waals surface area contributed by atoms with E-state index in [4.69, 9.17) is 8.85 Å². The van der Waals surface area contributed by atoms with E-state index < -0.39 is 8.56 Å². The highest BCUT2D eigenvalue weighted by atomic mass is 28.4. The number of hydrogen-bond donors (Lipinski definition) is 0. The first-order valence-electron chi connectivity index (χ1n) is 14.5. The van der Waals surface area contributed by atoms with Crippen molar-refractivity contribution < 1.29 is 13.3 Å². The second-order valence-electron chi connectivity index (χ2n) is 10.8. The Balaban J connectivity index is 3.51. The van der Waals surface area contributed by atoms with Crippen molar-refractivity contribution in [1.29, 1.82) is 0 Å². The van der Waals surface area contributed by atoms with Gasteiger partial charge in [-0.25, -0.2) is 0 Å². The number of unbranched alkanes of at least 4 members (excludes halogenated alkanes) is 15. The Morgan fingerprint density at radius 1 is 0.500 bits per heavy atom. The first-order chi connectivity index (χ1) is 15.4. The molecular formula is C28H62NO2Si+. The quantitative estimate of drug-likeness (QED) is 0.0750. The van der Waals surface area contributed by atoms with Crippen LogP contribution in [-0.4, -0.2) is 53.4 Å². The summed E-state index contributed by atoms with van der Waals surface area (Å²) in [6.45, 7) is 12.8. The van der Waals surface area contributed by atoms with E-state index in [9.17, 15) is 0 Å². The van der Waals surface area contributed by atoms with Crippen molar-refractivity contribution in [3.8, 4) is 0 Å². The topological polar surface area (TPSA) is 18.5 Å². The lowest BCUT2D eigenvalue weighted by Crippen LogP contribution is -2.44. The molecule has 0 fully saturated rings. The van der Waals surface area contributed by atoms with Gasteiger partial charge in [0, 0.05) is 13.2 Å². The minimum atomic E-state index is -1.94. The maximum absolute atomic E-state index is 5.99. The molecule has 0 bridgehead atoms. The molecule has 0 amide bonds. The Morgan fingerprint density at radius 3 is 1.22 bits per heavy atom. The summed E-state index contributed by atoms with van der Waals surface area (Å²) >= 11 is 0. The SMILES string of the molecule is CCCCCCCCCCCCCCCCCC[N+](C)(C)CCC[Si](C)(OCC)OCC. The molecule has 0 N–H and O–H groups in total. The van der Waals surface area contributed by atoms with Crippen molar-refractivity contribution >= 4 is 8.56 Å². The fourth-order valence-electron chi connectivity index (χ4n) is 4.82. The van der Waals surface area contributed by atoms with Crippen molar-refractivity contribution in [2.24, 2.45) is 0 Å². The average Bonchev–Trinajstić information content (AvgIpc) is 2.73. The molecule has 0 heterocycles. The van der Waals surface area contributed by atoms with Gasteiger partial charge in [-0.3, -0.25) is 0 Å². The minimum Gasteiger partial charge on any atom is -0.395 e. The van der Waals surface area contributed by atoms with Crippen molar-refractivity contribution in [2.75, 3.05) is 40.4 Å². The van der Waals surface area contributed by atoms with Crippen LogP contribution in [0.5, 0.6) is 0 Å². The molecule has 0 aliphatic heterocycles. The fraction of sp³-hybridized carbons (Fsp3) is 1.00. The molecule has 3 nitrogen and oxygen atoms in total. The molecule has 32 heavy (non-hydrogen) atoms. The molecule has 0 saturated carbocycles. The van der Waals surface area contributed by atoms with Gasteiger partial charge in [0.05, 0.1) is 27.2 Å². The Labute approximate surface area is 204 Å². The van der Waals surface area contributed by atoms with E-state index in [-0.39, 0.29) is 0 Å². The number of rotatable bonds is 25. The normalized spacial score (nSPS) is 12.6. The van der Waals surface area contributed by atoms with E-state index in [1.54, 1.807) is 0 Å². The van der Waals surface area contributed by atoms with E-state index in [1.165, 1.54) is 122 Å². The van der Waals surface area contributed by atoms with Gasteiger partial charge in [-0.1, -0.05) is 96.8 Å². The van der Waals surface area contributed by atoms with E-state index in [1.807, 2.05) is 0 Å². The Kier molecular flexibility index (Phi) is 21.7. The minimum absolute atomic E-state index is 0.778. The molecule has 0 unspecified atom stereocenters. The van der Waals surface area contributed by atoms with Crippen molar-refractivity contribution in [3.05, 3.63) is 0 Å². The summed E-state index contributed by atoms with van der Waals surface area (Å²) in [6, 6.07) is 1.12. The molecule has 0 aromatic rings. The van der Waals surface area contributed by atoms with Crippen molar-refractivity contribution in [1.82, 2.24) is 0 Å². The van der Waals surface area contributed by atoms with Crippen LogP contribution in [0, 0.1) is 0 Å². The smallest absolute Gasteiger partial charge is 0.335 e. The lowest BCUT2D eigenvalue weighted by molar-refractivity contribution is -0.890. The number of nitrogens with zero attached hydrogens (tertiary/aromatic N) is 1. The maximum Gasteiger partial charge on any atom is 0.335 e. The highest BCUT2D eigenvalue weighted by Crippen LogP contribution is 2.18. The molecule has 0 atom stereocenters. The third-order valence-electron chi connectivity index (χ3n) is 6.91. The molecule has 0 spiro atoms. The van der Waals surface area contributed by atoms with Crippen LogP contribution in [0.15, 0.2) is 0 Å². The predicted molar refractivity (Wildman–Crippen MR) is 146 cm³/mol. The van der Waals surface area contributed by atoms with Gasteiger partial charge in [0.15, 0.2) is 0 Å². The van der Waals surface area contributed by atoms with Gasteiger partial charge in [-0.05, 0) is 45.7 Å². The monoisotopic (exact) mass is 472 g/mol. The third kappa shape index (κ3) is 20.7. The van der Waals surface area contributed by atoms with Gasteiger partial charge in [-0.15, -0.1) is 0 Å². The van der Waals surface area contributed by atoms with Gasteiger partial charge < -0.3 is 13.3 Å².